The first-order valence-electron chi connectivity index (χ1n) is 7.70. The molecule has 25 heavy (non-hydrogen) atoms. The van der Waals surface area contributed by atoms with Crippen molar-refractivity contribution in [2.24, 2.45) is 0 Å². The van der Waals surface area contributed by atoms with Gasteiger partial charge in [-0.3, -0.25) is 4.90 Å². The molecule has 0 spiro atoms. The SMILES string of the molecule is O=S(=O)(NCCN1CCc2sccc2C1)c1ccc(C(F)(F)F)cc1. The molecule has 2 aromatic rings. The van der Waals surface area contributed by atoms with Gasteiger partial charge in [0.05, 0.1) is 10.5 Å². The van der Waals surface area contributed by atoms with Gasteiger partial charge in [-0.1, -0.05) is 0 Å². The summed E-state index contributed by atoms with van der Waals surface area (Å²) in [6.07, 6.45) is -3.52. The molecular formula is C16H17F3N2O2S2. The average molecular weight is 390 g/mol. The molecule has 1 aromatic heterocycles. The monoisotopic (exact) mass is 390 g/mol. The quantitative estimate of drug-likeness (QED) is 0.854. The molecule has 0 aliphatic carbocycles. The summed E-state index contributed by atoms with van der Waals surface area (Å²) in [5.74, 6) is 0. The van der Waals surface area contributed by atoms with E-state index in [1.807, 2.05) is 0 Å². The van der Waals surface area contributed by atoms with Crippen molar-refractivity contribution in [1.82, 2.24) is 9.62 Å². The van der Waals surface area contributed by atoms with Crippen LogP contribution in [0.15, 0.2) is 40.6 Å². The van der Waals surface area contributed by atoms with E-state index in [2.05, 4.69) is 21.1 Å². The minimum absolute atomic E-state index is 0.167. The lowest BCUT2D eigenvalue weighted by Gasteiger charge is -2.26. The molecule has 9 heteroatoms. The lowest BCUT2D eigenvalue weighted by molar-refractivity contribution is -0.137. The van der Waals surface area contributed by atoms with Gasteiger partial charge < -0.3 is 0 Å². The molecule has 4 nitrogen and oxygen atoms in total. The van der Waals surface area contributed by atoms with Gasteiger partial charge in [-0.15, -0.1) is 11.3 Å². The Hall–Kier alpha value is -1.42. The van der Waals surface area contributed by atoms with Crippen LogP contribution in [0.1, 0.15) is 16.0 Å². The highest BCUT2D eigenvalue weighted by Crippen LogP contribution is 2.29. The van der Waals surface area contributed by atoms with E-state index >= 15 is 0 Å². The molecule has 0 saturated carbocycles. The molecule has 0 radical (unpaired) electrons. The minimum Gasteiger partial charge on any atom is -0.297 e. The first-order valence-corrected chi connectivity index (χ1v) is 10.1. The number of halogens is 3. The van der Waals surface area contributed by atoms with Crippen LogP contribution >= 0.6 is 11.3 Å². The molecule has 0 fully saturated rings. The fraction of sp³-hybridized carbons (Fsp3) is 0.375. The second kappa shape index (κ2) is 7.06. The molecule has 3 rings (SSSR count). The Labute approximate surface area is 148 Å². The predicted molar refractivity (Wildman–Crippen MR) is 89.9 cm³/mol. The third-order valence-corrected chi connectivity index (χ3v) is 6.60. The number of alkyl halides is 3. The Balaban J connectivity index is 1.55. The normalized spacial score (nSPS) is 16.0. The Kier molecular flexibility index (Phi) is 5.19. The first-order chi connectivity index (χ1) is 11.8. The molecule has 0 atom stereocenters. The third-order valence-electron chi connectivity index (χ3n) is 4.10. The molecule has 1 aliphatic rings. The average Bonchev–Trinajstić information content (AvgIpc) is 3.02. The summed E-state index contributed by atoms with van der Waals surface area (Å²) in [4.78, 5) is 3.37. The maximum atomic E-state index is 12.5. The standard InChI is InChI=1S/C16H17F3N2O2S2/c17-16(18,19)13-1-3-14(4-2-13)25(22,23)20-7-9-21-8-5-15-12(11-21)6-10-24-15/h1-4,6,10,20H,5,7-9,11H2. The van der Waals surface area contributed by atoms with Gasteiger partial charge in [-0.2, -0.15) is 13.2 Å². The zero-order chi connectivity index (χ0) is 18.1. The maximum Gasteiger partial charge on any atom is 0.416 e. The van der Waals surface area contributed by atoms with E-state index in [9.17, 15) is 21.6 Å². The predicted octanol–water partition coefficient (Wildman–Crippen LogP) is 3.10. The van der Waals surface area contributed by atoms with Crippen molar-refractivity contribution in [2.45, 2.75) is 24.0 Å². The largest absolute Gasteiger partial charge is 0.416 e. The molecule has 2 heterocycles. The zero-order valence-corrected chi connectivity index (χ0v) is 14.8. The summed E-state index contributed by atoms with van der Waals surface area (Å²) >= 11 is 1.74. The molecule has 1 N–H and O–H groups in total. The first kappa shape index (κ1) is 18.4. The van der Waals surface area contributed by atoms with Gasteiger partial charge in [0.15, 0.2) is 0 Å². The molecule has 1 aromatic carbocycles. The number of fused-ring (bicyclic) bond motifs is 1. The number of sulfonamides is 1. The van der Waals surface area contributed by atoms with Crippen LogP contribution in [0, 0.1) is 0 Å². The highest BCUT2D eigenvalue weighted by Gasteiger charge is 2.30. The molecule has 0 bridgehead atoms. The lowest BCUT2D eigenvalue weighted by Crippen LogP contribution is -2.37. The van der Waals surface area contributed by atoms with Crippen molar-refractivity contribution in [3.8, 4) is 0 Å². The van der Waals surface area contributed by atoms with E-state index < -0.39 is 21.8 Å². The van der Waals surface area contributed by atoms with Gasteiger partial charge in [0.1, 0.15) is 0 Å². The molecular weight excluding hydrogens is 373 g/mol. The minimum atomic E-state index is -4.48. The van der Waals surface area contributed by atoms with Crippen LogP contribution < -0.4 is 4.72 Å². The summed E-state index contributed by atoms with van der Waals surface area (Å²) in [7, 11) is -3.81. The van der Waals surface area contributed by atoms with Crippen molar-refractivity contribution >= 4 is 21.4 Å². The number of nitrogens with one attached hydrogen (secondary N) is 1. The van der Waals surface area contributed by atoms with E-state index in [0.29, 0.717) is 6.54 Å². The molecule has 0 saturated heterocycles. The van der Waals surface area contributed by atoms with Crippen LogP contribution in [-0.2, 0) is 29.2 Å². The van der Waals surface area contributed by atoms with Crippen LogP contribution in [-0.4, -0.2) is 33.0 Å². The van der Waals surface area contributed by atoms with E-state index in [-0.39, 0.29) is 11.4 Å². The molecule has 0 unspecified atom stereocenters. The Morgan fingerprint density at radius 3 is 2.56 bits per heavy atom. The Bertz CT molecular complexity index is 830. The van der Waals surface area contributed by atoms with E-state index in [4.69, 9.17) is 0 Å². The Morgan fingerprint density at radius 2 is 1.88 bits per heavy atom. The van der Waals surface area contributed by atoms with Gasteiger partial charge in [0.25, 0.3) is 0 Å². The summed E-state index contributed by atoms with van der Waals surface area (Å²) in [5, 5.41) is 2.06. The maximum absolute atomic E-state index is 12.5. The number of nitrogens with zero attached hydrogens (tertiary/aromatic N) is 1. The molecule has 1 aliphatic heterocycles. The van der Waals surface area contributed by atoms with Crippen LogP contribution in [0.5, 0.6) is 0 Å². The zero-order valence-electron chi connectivity index (χ0n) is 13.2. The molecule has 136 valence electrons. The van der Waals surface area contributed by atoms with Gasteiger partial charge in [-0.25, -0.2) is 13.1 Å². The topological polar surface area (TPSA) is 49.4 Å². The van der Waals surface area contributed by atoms with Crippen LogP contribution in [0.3, 0.4) is 0 Å². The molecule has 0 amide bonds. The summed E-state index contributed by atoms with van der Waals surface area (Å²) in [6, 6.07) is 5.58. The van der Waals surface area contributed by atoms with Crippen molar-refractivity contribution in [1.29, 1.82) is 0 Å². The highest BCUT2D eigenvalue weighted by molar-refractivity contribution is 7.89. The third kappa shape index (κ3) is 4.41. The van der Waals surface area contributed by atoms with Crippen molar-refractivity contribution in [2.75, 3.05) is 19.6 Å². The van der Waals surface area contributed by atoms with Gasteiger partial charge in [0, 0.05) is 31.1 Å². The van der Waals surface area contributed by atoms with Crippen molar-refractivity contribution in [3.05, 3.63) is 51.7 Å². The second-order valence-corrected chi connectivity index (χ2v) is 8.58. The fourth-order valence-electron chi connectivity index (χ4n) is 2.74. The fourth-order valence-corrected chi connectivity index (χ4v) is 4.65. The number of hydrogen-bond acceptors (Lipinski definition) is 4. The van der Waals surface area contributed by atoms with Crippen LogP contribution in [0.25, 0.3) is 0 Å². The number of thiophene rings is 1. The smallest absolute Gasteiger partial charge is 0.297 e. The number of benzene rings is 1. The lowest BCUT2D eigenvalue weighted by atomic mass is 10.1. The van der Waals surface area contributed by atoms with Crippen molar-refractivity contribution in [3.63, 3.8) is 0 Å². The number of rotatable bonds is 5. The van der Waals surface area contributed by atoms with E-state index in [1.54, 1.807) is 11.3 Å². The van der Waals surface area contributed by atoms with Crippen molar-refractivity contribution < 1.29 is 21.6 Å². The second-order valence-electron chi connectivity index (χ2n) is 5.82. The van der Waals surface area contributed by atoms with Crippen LogP contribution in [0.2, 0.25) is 0 Å². The van der Waals surface area contributed by atoms with Gasteiger partial charge >= 0.3 is 6.18 Å². The van der Waals surface area contributed by atoms with Crippen LogP contribution in [0.4, 0.5) is 13.2 Å². The number of hydrogen-bond donors (Lipinski definition) is 1. The summed E-state index contributed by atoms with van der Waals surface area (Å²) in [5.41, 5.74) is 0.410. The van der Waals surface area contributed by atoms with Gasteiger partial charge in [-0.05, 0) is 47.7 Å². The summed E-state index contributed by atoms with van der Waals surface area (Å²) in [6.45, 7) is 2.42. The summed E-state index contributed by atoms with van der Waals surface area (Å²) < 4.78 is 64.4. The Morgan fingerprint density at radius 1 is 1.16 bits per heavy atom. The van der Waals surface area contributed by atoms with E-state index in [1.165, 1.54) is 10.4 Å². The highest BCUT2D eigenvalue weighted by atomic mass is 32.2. The van der Waals surface area contributed by atoms with E-state index in [0.717, 1.165) is 43.8 Å². The van der Waals surface area contributed by atoms with Gasteiger partial charge in [0.2, 0.25) is 10.0 Å².